The highest BCUT2D eigenvalue weighted by Gasteiger charge is 2.41. The van der Waals surface area contributed by atoms with E-state index in [2.05, 4.69) is 6.92 Å². The molecule has 2 aromatic rings. The summed E-state index contributed by atoms with van der Waals surface area (Å²) in [6.07, 6.45) is 6.55. The van der Waals surface area contributed by atoms with Crippen molar-refractivity contribution < 1.29 is 9.53 Å². The lowest BCUT2D eigenvalue weighted by molar-refractivity contribution is -0.124. The predicted molar refractivity (Wildman–Crippen MR) is 120 cm³/mol. The van der Waals surface area contributed by atoms with E-state index in [1.54, 1.807) is 7.11 Å². The molecule has 0 aromatic heterocycles. The van der Waals surface area contributed by atoms with Gasteiger partial charge in [-0.3, -0.25) is 9.69 Å². The molecule has 2 fully saturated rings. The average Bonchev–Trinajstić information content (AvgIpc) is 3.04. The summed E-state index contributed by atoms with van der Waals surface area (Å²) in [6, 6.07) is 17.9. The molecule has 0 spiro atoms. The third-order valence-electron chi connectivity index (χ3n) is 5.61. The molecule has 5 heteroatoms. The molecule has 1 saturated carbocycles. The van der Waals surface area contributed by atoms with Gasteiger partial charge in [0.25, 0.3) is 5.91 Å². The minimum absolute atomic E-state index is 0.0613. The molecule has 2 aromatic carbocycles. The Bertz CT molecular complexity index is 939. The molecule has 1 aliphatic carbocycles. The SMILES string of the molecule is COc1cccc(/C=C2\SC(=Nc3ccccc3)N([C@H]3CCCC[C@H]3C)C2=O)c1. The molecule has 29 heavy (non-hydrogen) atoms. The molecule has 4 rings (SSSR count). The van der Waals surface area contributed by atoms with Crippen LogP contribution in [0, 0.1) is 5.92 Å². The number of amidine groups is 1. The zero-order valence-corrected chi connectivity index (χ0v) is 17.7. The lowest BCUT2D eigenvalue weighted by atomic mass is 9.85. The fourth-order valence-corrected chi connectivity index (χ4v) is 5.08. The normalized spacial score (nSPS) is 25.0. The van der Waals surface area contributed by atoms with Crippen LogP contribution in [0.5, 0.6) is 5.75 Å². The van der Waals surface area contributed by atoms with Gasteiger partial charge in [0.1, 0.15) is 5.75 Å². The quantitative estimate of drug-likeness (QED) is 0.596. The topological polar surface area (TPSA) is 41.9 Å². The largest absolute Gasteiger partial charge is 0.497 e. The van der Waals surface area contributed by atoms with Crippen molar-refractivity contribution in [2.75, 3.05) is 7.11 Å². The van der Waals surface area contributed by atoms with Gasteiger partial charge < -0.3 is 4.74 Å². The Morgan fingerprint density at radius 1 is 1.10 bits per heavy atom. The van der Waals surface area contributed by atoms with Crippen LogP contribution < -0.4 is 4.74 Å². The van der Waals surface area contributed by atoms with Gasteiger partial charge in [0.05, 0.1) is 17.7 Å². The summed E-state index contributed by atoms with van der Waals surface area (Å²) in [7, 11) is 1.65. The maximum atomic E-state index is 13.4. The zero-order valence-electron chi connectivity index (χ0n) is 16.9. The highest BCUT2D eigenvalue weighted by Crippen LogP contribution is 2.40. The van der Waals surface area contributed by atoms with E-state index in [9.17, 15) is 4.79 Å². The molecule has 4 nitrogen and oxygen atoms in total. The maximum Gasteiger partial charge on any atom is 0.267 e. The smallest absolute Gasteiger partial charge is 0.267 e. The van der Waals surface area contributed by atoms with Crippen LogP contribution in [0.15, 0.2) is 64.5 Å². The van der Waals surface area contributed by atoms with E-state index in [1.807, 2.05) is 65.6 Å². The van der Waals surface area contributed by atoms with Crippen molar-refractivity contribution in [3.8, 4) is 5.75 Å². The Balaban J connectivity index is 1.71. The Morgan fingerprint density at radius 2 is 1.90 bits per heavy atom. The molecule has 2 aliphatic rings. The molecule has 0 bridgehead atoms. The maximum absolute atomic E-state index is 13.4. The van der Waals surface area contributed by atoms with Crippen molar-refractivity contribution in [3.05, 3.63) is 65.1 Å². The lowest BCUT2D eigenvalue weighted by Gasteiger charge is -2.35. The van der Waals surface area contributed by atoms with Gasteiger partial charge in [0.15, 0.2) is 5.17 Å². The second-order valence-electron chi connectivity index (χ2n) is 7.62. The van der Waals surface area contributed by atoms with Gasteiger partial charge in [-0.15, -0.1) is 0 Å². The van der Waals surface area contributed by atoms with Crippen LogP contribution in [0.1, 0.15) is 38.2 Å². The fraction of sp³-hybridized carbons (Fsp3) is 0.333. The van der Waals surface area contributed by atoms with E-state index < -0.39 is 0 Å². The summed E-state index contributed by atoms with van der Waals surface area (Å²) >= 11 is 1.47. The van der Waals surface area contributed by atoms with Gasteiger partial charge >= 0.3 is 0 Å². The van der Waals surface area contributed by atoms with Crippen LogP contribution in [-0.4, -0.2) is 29.1 Å². The highest BCUT2D eigenvalue weighted by atomic mass is 32.2. The van der Waals surface area contributed by atoms with Gasteiger partial charge in [0, 0.05) is 6.04 Å². The third-order valence-corrected chi connectivity index (χ3v) is 6.59. The molecule has 150 valence electrons. The third kappa shape index (κ3) is 4.40. The van der Waals surface area contributed by atoms with Crippen molar-refractivity contribution in [1.29, 1.82) is 0 Å². The Hall–Kier alpha value is -2.53. The van der Waals surface area contributed by atoms with Crippen molar-refractivity contribution in [2.24, 2.45) is 10.9 Å². The zero-order chi connectivity index (χ0) is 20.2. The average molecular weight is 407 g/mol. The van der Waals surface area contributed by atoms with E-state index in [1.165, 1.54) is 18.2 Å². The van der Waals surface area contributed by atoms with Gasteiger partial charge in [-0.2, -0.15) is 0 Å². The van der Waals surface area contributed by atoms with Crippen molar-refractivity contribution in [2.45, 2.75) is 38.6 Å². The fourth-order valence-electron chi connectivity index (χ4n) is 4.03. The first kappa shape index (κ1) is 19.8. The Labute approximate surface area is 176 Å². The van der Waals surface area contributed by atoms with Crippen molar-refractivity contribution >= 4 is 34.6 Å². The summed E-state index contributed by atoms with van der Waals surface area (Å²) in [5.74, 6) is 1.32. The number of benzene rings is 2. The molecule has 1 amide bonds. The first-order valence-corrected chi connectivity index (χ1v) is 11.0. The number of carbonyl (C=O) groups excluding carboxylic acids is 1. The van der Waals surface area contributed by atoms with E-state index in [-0.39, 0.29) is 11.9 Å². The number of rotatable bonds is 4. The second kappa shape index (κ2) is 8.87. The Morgan fingerprint density at radius 3 is 2.66 bits per heavy atom. The first-order chi connectivity index (χ1) is 14.2. The number of nitrogens with zero attached hydrogens (tertiary/aromatic N) is 2. The lowest BCUT2D eigenvalue weighted by Crippen LogP contribution is -2.44. The molecule has 2 atom stereocenters. The number of aliphatic imine (C=N–C) groups is 1. The van der Waals surface area contributed by atoms with Crippen LogP contribution >= 0.6 is 11.8 Å². The molecular weight excluding hydrogens is 380 g/mol. The Kier molecular flexibility index (Phi) is 6.05. The summed E-state index contributed by atoms with van der Waals surface area (Å²) < 4.78 is 5.32. The van der Waals surface area contributed by atoms with Crippen molar-refractivity contribution in [1.82, 2.24) is 4.90 Å². The monoisotopic (exact) mass is 406 g/mol. The minimum Gasteiger partial charge on any atom is -0.497 e. The van der Waals surface area contributed by atoms with Crippen LogP contribution in [-0.2, 0) is 4.79 Å². The minimum atomic E-state index is 0.0613. The van der Waals surface area contributed by atoms with Crippen LogP contribution in [0.2, 0.25) is 0 Å². The highest BCUT2D eigenvalue weighted by molar-refractivity contribution is 8.18. The molecule has 0 radical (unpaired) electrons. The molecular formula is C24H26N2O2S. The van der Waals surface area contributed by atoms with Crippen LogP contribution in [0.4, 0.5) is 5.69 Å². The standard InChI is InChI=1S/C24H26N2O2S/c1-17-9-6-7-14-21(17)26-23(27)22(16-18-10-8-13-20(15-18)28-2)29-24(26)25-19-11-4-3-5-12-19/h3-5,8,10-13,15-17,21H,6-7,9,14H2,1-2H3/b22-16-,25-24?/t17-,21+/m1/s1. The molecule has 1 saturated heterocycles. The van der Waals surface area contributed by atoms with Gasteiger partial charge in [0.2, 0.25) is 0 Å². The van der Waals surface area contributed by atoms with E-state index >= 15 is 0 Å². The molecule has 1 aliphatic heterocycles. The number of methoxy groups -OCH3 is 1. The molecule has 1 heterocycles. The van der Waals surface area contributed by atoms with Crippen LogP contribution in [0.25, 0.3) is 6.08 Å². The summed E-state index contributed by atoms with van der Waals surface area (Å²) in [4.78, 5) is 20.9. The van der Waals surface area contributed by atoms with Crippen molar-refractivity contribution in [3.63, 3.8) is 0 Å². The van der Waals surface area contributed by atoms with E-state index in [0.717, 1.165) is 41.4 Å². The van der Waals surface area contributed by atoms with Gasteiger partial charge in [-0.05, 0) is 66.4 Å². The second-order valence-corrected chi connectivity index (χ2v) is 8.63. The van der Waals surface area contributed by atoms with E-state index in [0.29, 0.717) is 10.8 Å². The number of hydrogen-bond acceptors (Lipinski definition) is 4. The molecule has 0 unspecified atom stereocenters. The molecule has 0 N–H and O–H groups in total. The number of thioether (sulfide) groups is 1. The van der Waals surface area contributed by atoms with E-state index in [4.69, 9.17) is 9.73 Å². The number of para-hydroxylation sites is 1. The summed E-state index contributed by atoms with van der Waals surface area (Å²) in [5.41, 5.74) is 1.83. The number of hydrogen-bond donors (Lipinski definition) is 0. The van der Waals surface area contributed by atoms with Crippen LogP contribution in [0.3, 0.4) is 0 Å². The first-order valence-electron chi connectivity index (χ1n) is 10.2. The predicted octanol–water partition coefficient (Wildman–Crippen LogP) is 5.88. The van der Waals surface area contributed by atoms with Gasteiger partial charge in [-0.25, -0.2) is 4.99 Å². The summed E-state index contributed by atoms with van der Waals surface area (Å²) in [5, 5.41) is 0.786. The summed E-state index contributed by atoms with van der Waals surface area (Å²) in [6.45, 7) is 2.26. The number of ether oxygens (including phenoxy) is 1. The number of carbonyl (C=O) groups is 1. The van der Waals surface area contributed by atoms with Gasteiger partial charge in [-0.1, -0.05) is 50.1 Å². The number of amides is 1.